The van der Waals surface area contributed by atoms with Gasteiger partial charge in [0, 0.05) is 56.5 Å². The lowest BCUT2D eigenvalue weighted by molar-refractivity contribution is 0.0745. The minimum atomic E-state index is -0.163. The zero-order valence-electron chi connectivity index (χ0n) is 14.7. The average Bonchev–Trinajstić information content (AvgIpc) is 2.75. The summed E-state index contributed by atoms with van der Waals surface area (Å²) in [5.74, 6) is 0.607. The van der Waals surface area contributed by atoms with Crippen LogP contribution in [0.1, 0.15) is 10.4 Å². The van der Waals surface area contributed by atoms with Crippen LogP contribution in [0.25, 0.3) is 5.69 Å². The summed E-state index contributed by atoms with van der Waals surface area (Å²) >= 11 is 0. The molecule has 1 saturated heterocycles. The summed E-state index contributed by atoms with van der Waals surface area (Å²) in [6, 6.07) is 14.1. The van der Waals surface area contributed by atoms with Gasteiger partial charge in [0.2, 0.25) is 5.95 Å². The average molecular weight is 361 g/mol. The van der Waals surface area contributed by atoms with E-state index >= 15 is 0 Å². The summed E-state index contributed by atoms with van der Waals surface area (Å²) < 4.78 is 1.50. The summed E-state index contributed by atoms with van der Waals surface area (Å²) in [7, 11) is 0. The molecule has 1 aliphatic rings. The Kier molecular flexibility index (Phi) is 4.65. The summed E-state index contributed by atoms with van der Waals surface area (Å²) in [6.45, 7) is 2.52. The molecular weight excluding hydrogens is 342 g/mol. The van der Waals surface area contributed by atoms with Crippen LogP contribution in [-0.2, 0) is 0 Å². The Morgan fingerprint density at radius 1 is 0.852 bits per heavy atom. The lowest BCUT2D eigenvalue weighted by Crippen LogP contribution is -2.49. The molecule has 0 spiro atoms. The van der Waals surface area contributed by atoms with E-state index in [1.807, 2.05) is 30.3 Å². The minimum absolute atomic E-state index is 0.0756. The van der Waals surface area contributed by atoms with E-state index in [1.165, 1.54) is 10.6 Å². The van der Waals surface area contributed by atoms with Crippen LogP contribution in [0.15, 0.2) is 71.9 Å². The lowest BCUT2D eigenvalue weighted by atomic mass is 10.2. The minimum Gasteiger partial charge on any atom is -0.337 e. The Labute approximate surface area is 156 Å². The first-order valence-corrected chi connectivity index (χ1v) is 8.82. The van der Waals surface area contributed by atoms with Crippen molar-refractivity contribution in [2.24, 2.45) is 0 Å². The van der Waals surface area contributed by atoms with Crippen molar-refractivity contribution in [3.05, 3.63) is 83.0 Å². The molecule has 0 aliphatic carbocycles. The summed E-state index contributed by atoms with van der Waals surface area (Å²) in [6.07, 6.45) is 5.05. The smallest absolute Gasteiger partial charge is 0.255 e. The SMILES string of the molecule is O=C(c1ccc(=O)n(-c2ccccc2)c1)N1CCN(c2ncccn2)CC1. The van der Waals surface area contributed by atoms with Crippen LogP contribution in [0.4, 0.5) is 5.95 Å². The molecule has 0 bridgehead atoms. The van der Waals surface area contributed by atoms with Crippen molar-refractivity contribution in [3.63, 3.8) is 0 Å². The second kappa shape index (κ2) is 7.41. The molecule has 27 heavy (non-hydrogen) atoms. The quantitative estimate of drug-likeness (QED) is 0.708. The Bertz CT molecular complexity index is 980. The maximum atomic E-state index is 12.9. The molecule has 1 aromatic carbocycles. The topological polar surface area (TPSA) is 71.3 Å². The van der Waals surface area contributed by atoms with Crippen LogP contribution in [0, 0.1) is 0 Å². The van der Waals surface area contributed by atoms with Crippen molar-refractivity contribution in [3.8, 4) is 5.69 Å². The predicted octanol–water partition coefficient (Wildman–Crippen LogP) is 1.59. The van der Waals surface area contributed by atoms with E-state index < -0.39 is 0 Å². The Hall–Kier alpha value is -3.48. The molecule has 0 atom stereocenters. The third-order valence-electron chi connectivity index (χ3n) is 4.59. The number of amides is 1. The number of nitrogens with zero attached hydrogens (tertiary/aromatic N) is 5. The largest absolute Gasteiger partial charge is 0.337 e. The monoisotopic (exact) mass is 361 g/mol. The molecule has 7 nitrogen and oxygen atoms in total. The molecule has 4 rings (SSSR count). The maximum absolute atomic E-state index is 12.9. The van der Waals surface area contributed by atoms with Crippen LogP contribution >= 0.6 is 0 Å². The molecule has 0 saturated carbocycles. The van der Waals surface area contributed by atoms with Gasteiger partial charge in [0.1, 0.15) is 0 Å². The molecule has 0 unspecified atom stereocenters. The molecule has 3 aromatic rings. The normalized spacial score (nSPS) is 14.2. The first-order chi connectivity index (χ1) is 13.2. The second-order valence-electron chi connectivity index (χ2n) is 6.29. The Morgan fingerprint density at radius 2 is 1.56 bits per heavy atom. The highest BCUT2D eigenvalue weighted by Gasteiger charge is 2.23. The fraction of sp³-hybridized carbons (Fsp3) is 0.200. The summed E-state index contributed by atoms with van der Waals surface area (Å²) in [5, 5.41) is 0. The zero-order valence-corrected chi connectivity index (χ0v) is 14.7. The number of carbonyl (C=O) groups is 1. The molecule has 1 fully saturated rings. The number of hydrogen-bond acceptors (Lipinski definition) is 5. The number of anilines is 1. The van der Waals surface area contributed by atoms with Gasteiger partial charge in [-0.05, 0) is 24.3 Å². The zero-order chi connectivity index (χ0) is 18.6. The van der Waals surface area contributed by atoms with E-state index in [-0.39, 0.29) is 11.5 Å². The highest BCUT2D eigenvalue weighted by Crippen LogP contribution is 2.13. The van der Waals surface area contributed by atoms with Gasteiger partial charge >= 0.3 is 0 Å². The van der Waals surface area contributed by atoms with Gasteiger partial charge in [-0.1, -0.05) is 18.2 Å². The third-order valence-corrected chi connectivity index (χ3v) is 4.59. The molecule has 7 heteroatoms. The van der Waals surface area contributed by atoms with Crippen LogP contribution in [0.5, 0.6) is 0 Å². The number of aromatic nitrogens is 3. The number of pyridine rings is 1. The van der Waals surface area contributed by atoms with Crippen LogP contribution in [0.2, 0.25) is 0 Å². The first kappa shape index (κ1) is 17.0. The Balaban J connectivity index is 1.50. The molecule has 2 aromatic heterocycles. The number of para-hydroxylation sites is 1. The van der Waals surface area contributed by atoms with E-state index in [0.717, 1.165) is 5.69 Å². The second-order valence-corrected chi connectivity index (χ2v) is 6.29. The molecule has 0 N–H and O–H groups in total. The summed E-state index contributed by atoms with van der Waals surface area (Å²) in [4.78, 5) is 37.5. The Morgan fingerprint density at radius 3 is 2.26 bits per heavy atom. The van der Waals surface area contributed by atoms with Crippen molar-refractivity contribution >= 4 is 11.9 Å². The van der Waals surface area contributed by atoms with Crippen LogP contribution in [0.3, 0.4) is 0 Å². The molecule has 1 amide bonds. The molecule has 0 radical (unpaired) electrons. The standard InChI is InChI=1S/C20H19N5O2/c26-18-8-7-16(15-25(18)17-5-2-1-3-6-17)19(27)23-11-13-24(14-12-23)20-21-9-4-10-22-20/h1-10,15H,11-14H2. The fourth-order valence-corrected chi connectivity index (χ4v) is 3.15. The fourth-order valence-electron chi connectivity index (χ4n) is 3.15. The van der Waals surface area contributed by atoms with Crippen molar-refractivity contribution in [1.82, 2.24) is 19.4 Å². The van der Waals surface area contributed by atoms with Gasteiger partial charge in [-0.25, -0.2) is 9.97 Å². The van der Waals surface area contributed by atoms with Crippen molar-refractivity contribution in [2.45, 2.75) is 0 Å². The maximum Gasteiger partial charge on any atom is 0.255 e. The van der Waals surface area contributed by atoms with Gasteiger partial charge in [-0.2, -0.15) is 0 Å². The molecular formula is C20H19N5O2. The van der Waals surface area contributed by atoms with Crippen molar-refractivity contribution in [1.29, 1.82) is 0 Å². The summed E-state index contributed by atoms with van der Waals surface area (Å²) in [5.41, 5.74) is 1.08. The predicted molar refractivity (Wildman–Crippen MR) is 102 cm³/mol. The van der Waals surface area contributed by atoms with Gasteiger partial charge in [0.05, 0.1) is 5.56 Å². The highest BCUT2D eigenvalue weighted by atomic mass is 16.2. The molecule has 3 heterocycles. The van der Waals surface area contributed by atoms with E-state index in [4.69, 9.17) is 0 Å². The number of carbonyl (C=O) groups excluding carboxylic acids is 1. The molecule has 1 aliphatic heterocycles. The van der Waals surface area contributed by atoms with E-state index in [9.17, 15) is 9.59 Å². The van der Waals surface area contributed by atoms with Gasteiger partial charge in [-0.3, -0.25) is 14.2 Å². The van der Waals surface area contributed by atoms with E-state index in [1.54, 1.807) is 35.6 Å². The van der Waals surface area contributed by atoms with Crippen molar-refractivity contribution in [2.75, 3.05) is 31.1 Å². The highest BCUT2D eigenvalue weighted by molar-refractivity contribution is 5.94. The number of benzene rings is 1. The molecule has 136 valence electrons. The van der Waals surface area contributed by atoms with Gasteiger partial charge in [-0.15, -0.1) is 0 Å². The van der Waals surface area contributed by atoms with Gasteiger partial charge in [0.15, 0.2) is 0 Å². The van der Waals surface area contributed by atoms with E-state index in [0.29, 0.717) is 37.7 Å². The van der Waals surface area contributed by atoms with Gasteiger partial charge in [0.25, 0.3) is 11.5 Å². The number of piperazine rings is 1. The lowest BCUT2D eigenvalue weighted by Gasteiger charge is -2.34. The van der Waals surface area contributed by atoms with Crippen molar-refractivity contribution < 1.29 is 4.79 Å². The van der Waals surface area contributed by atoms with Crippen LogP contribution in [-0.4, -0.2) is 51.5 Å². The number of rotatable bonds is 3. The first-order valence-electron chi connectivity index (χ1n) is 8.82. The third kappa shape index (κ3) is 3.57. The van der Waals surface area contributed by atoms with Crippen LogP contribution < -0.4 is 10.5 Å². The van der Waals surface area contributed by atoms with Gasteiger partial charge < -0.3 is 9.80 Å². The number of hydrogen-bond donors (Lipinski definition) is 0. The van der Waals surface area contributed by atoms with E-state index in [2.05, 4.69) is 14.9 Å².